The zero-order valence-electron chi connectivity index (χ0n) is 20.6. The molecule has 1 aliphatic carbocycles. The number of aromatic amines is 1. The minimum atomic E-state index is 0. The predicted molar refractivity (Wildman–Crippen MR) is 147 cm³/mol. The number of nitrogens with zero attached hydrogens (tertiary/aromatic N) is 2. The van der Waals surface area contributed by atoms with Gasteiger partial charge < -0.3 is 15.2 Å². The number of nitrogens with one attached hydrogen (secondary N) is 2. The summed E-state index contributed by atoms with van der Waals surface area (Å²) in [6.07, 6.45) is 8.20. The summed E-state index contributed by atoms with van der Waals surface area (Å²) in [6, 6.07) is 17.2. The Balaban J connectivity index is 0.00000289. The van der Waals surface area contributed by atoms with E-state index in [0.717, 1.165) is 62.2 Å². The van der Waals surface area contributed by atoms with Gasteiger partial charge >= 0.3 is 6.03 Å². The minimum Gasteiger partial charge on any atom is -0.361 e. The Morgan fingerprint density at radius 2 is 1.74 bits per heavy atom. The molecule has 0 spiro atoms. The van der Waals surface area contributed by atoms with Crippen molar-refractivity contribution in [3.8, 4) is 0 Å². The van der Waals surface area contributed by atoms with Crippen molar-refractivity contribution in [3.63, 3.8) is 0 Å². The van der Waals surface area contributed by atoms with Gasteiger partial charge in [0.15, 0.2) is 0 Å². The Labute approximate surface area is 219 Å². The van der Waals surface area contributed by atoms with Crippen LogP contribution in [0.4, 0.5) is 4.79 Å². The molecule has 35 heavy (non-hydrogen) atoms. The van der Waals surface area contributed by atoms with Crippen LogP contribution < -0.4 is 5.32 Å². The fraction of sp³-hybridized carbons (Fsp3) is 0.464. The van der Waals surface area contributed by atoms with Gasteiger partial charge in [-0.05, 0) is 87.9 Å². The number of hydrogen-bond acceptors (Lipinski definition) is 2. The molecule has 2 fully saturated rings. The molecule has 1 saturated heterocycles. The van der Waals surface area contributed by atoms with E-state index in [-0.39, 0.29) is 30.0 Å². The van der Waals surface area contributed by atoms with E-state index in [1.807, 2.05) is 23.1 Å². The highest BCUT2D eigenvalue weighted by Gasteiger charge is 2.39. The van der Waals surface area contributed by atoms with Crippen molar-refractivity contribution in [2.24, 2.45) is 0 Å². The van der Waals surface area contributed by atoms with E-state index >= 15 is 0 Å². The van der Waals surface area contributed by atoms with Crippen LogP contribution in [0.3, 0.4) is 0 Å². The van der Waals surface area contributed by atoms with Gasteiger partial charge in [-0.25, -0.2) is 4.79 Å². The molecule has 2 aromatic carbocycles. The second kappa shape index (κ2) is 10.8. The fourth-order valence-electron chi connectivity index (χ4n) is 6.09. The van der Waals surface area contributed by atoms with Gasteiger partial charge in [0.1, 0.15) is 0 Å². The van der Waals surface area contributed by atoms with Crippen LogP contribution in [-0.4, -0.2) is 54.0 Å². The van der Waals surface area contributed by atoms with Crippen molar-refractivity contribution in [3.05, 3.63) is 70.9 Å². The lowest BCUT2D eigenvalue weighted by molar-refractivity contribution is 0.0849. The van der Waals surface area contributed by atoms with E-state index in [0.29, 0.717) is 5.92 Å². The van der Waals surface area contributed by atoms with Crippen LogP contribution in [0, 0.1) is 0 Å². The summed E-state index contributed by atoms with van der Waals surface area (Å²) in [5.74, 6) is 0.456. The van der Waals surface area contributed by atoms with Gasteiger partial charge in [0.25, 0.3) is 0 Å². The largest absolute Gasteiger partial charge is 0.361 e. The van der Waals surface area contributed by atoms with E-state index in [1.54, 1.807) is 0 Å². The van der Waals surface area contributed by atoms with Crippen LogP contribution in [0.2, 0.25) is 5.02 Å². The van der Waals surface area contributed by atoms with Gasteiger partial charge in [0.2, 0.25) is 0 Å². The number of carbonyl (C=O) groups excluding carboxylic acids is 1. The van der Waals surface area contributed by atoms with Gasteiger partial charge in [-0.1, -0.05) is 41.9 Å². The van der Waals surface area contributed by atoms with E-state index < -0.39 is 0 Å². The summed E-state index contributed by atoms with van der Waals surface area (Å²) in [4.78, 5) is 20.8. The summed E-state index contributed by atoms with van der Waals surface area (Å²) in [5, 5.41) is 5.32. The summed E-state index contributed by atoms with van der Waals surface area (Å²) in [7, 11) is 4.36. The van der Waals surface area contributed by atoms with E-state index in [2.05, 4.69) is 65.8 Å². The van der Waals surface area contributed by atoms with Crippen LogP contribution in [0.15, 0.2) is 54.7 Å². The summed E-state index contributed by atoms with van der Waals surface area (Å²) in [6.45, 7) is 1.59. The normalized spacial score (nSPS) is 23.3. The Bertz CT molecular complexity index is 1130. The number of carbonyl (C=O) groups is 1. The second-order valence-corrected chi connectivity index (χ2v) is 10.6. The molecule has 2 amide bonds. The molecule has 1 saturated carbocycles. The first-order chi connectivity index (χ1) is 16.5. The summed E-state index contributed by atoms with van der Waals surface area (Å²) in [5.41, 5.74) is 3.89. The smallest absolute Gasteiger partial charge is 0.317 e. The molecular formula is C28H36Cl2N4O. The highest BCUT2D eigenvalue weighted by atomic mass is 35.5. The SMILES string of the molecule is CN(C)C1(c2ccccc2)CCC(NC(=O)N2CCC(c3c[nH]c4ccc(Cl)cc34)CC2)CC1.Cl. The third-order valence-electron chi connectivity index (χ3n) is 8.21. The molecule has 1 aromatic heterocycles. The van der Waals surface area contributed by atoms with Crippen LogP contribution in [0.5, 0.6) is 0 Å². The Morgan fingerprint density at radius 1 is 1.06 bits per heavy atom. The number of hydrogen-bond donors (Lipinski definition) is 2. The molecule has 0 bridgehead atoms. The third kappa shape index (κ3) is 5.18. The van der Waals surface area contributed by atoms with Gasteiger partial charge in [-0.15, -0.1) is 12.4 Å². The molecular weight excluding hydrogens is 479 g/mol. The second-order valence-electron chi connectivity index (χ2n) is 10.2. The lowest BCUT2D eigenvalue weighted by Gasteiger charge is -2.46. The standard InChI is InChI=1S/C28H35ClN4O.ClH/c1-32(2)28(21-6-4-3-5-7-21)14-10-23(11-15-28)31-27(34)33-16-12-20(13-17-33)25-19-30-26-9-8-22(29)18-24(25)26;/h3-9,18-20,23,30H,10-17H2,1-2H3,(H,31,34);1H. The number of amides is 2. The monoisotopic (exact) mass is 514 g/mol. The summed E-state index contributed by atoms with van der Waals surface area (Å²) >= 11 is 6.24. The molecule has 5 nitrogen and oxygen atoms in total. The molecule has 0 unspecified atom stereocenters. The number of rotatable bonds is 4. The number of urea groups is 1. The Kier molecular flexibility index (Phi) is 7.99. The van der Waals surface area contributed by atoms with Gasteiger partial charge in [-0.2, -0.15) is 0 Å². The predicted octanol–water partition coefficient (Wildman–Crippen LogP) is 6.53. The van der Waals surface area contributed by atoms with E-state index in [1.165, 1.54) is 16.5 Å². The maximum absolute atomic E-state index is 13.1. The van der Waals surface area contributed by atoms with Gasteiger partial charge in [0, 0.05) is 46.8 Å². The quantitative estimate of drug-likeness (QED) is 0.415. The Hall–Kier alpha value is -2.21. The molecule has 5 rings (SSSR count). The number of halogens is 2. The number of likely N-dealkylation sites (tertiary alicyclic amines) is 1. The van der Waals surface area contributed by atoms with Crippen molar-refractivity contribution >= 4 is 40.9 Å². The zero-order chi connectivity index (χ0) is 23.7. The maximum Gasteiger partial charge on any atom is 0.317 e. The highest BCUT2D eigenvalue weighted by molar-refractivity contribution is 6.31. The first-order valence-corrected chi connectivity index (χ1v) is 12.9. The highest BCUT2D eigenvalue weighted by Crippen LogP contribution is 2.41. The molecule has 0 radical (unpaired) electrons. The van der Waals surface area contributed by atoms with Crippen LogP contribution in [0.1, 0.15) is 55.6 Å². The van der Waals surface area contributed by atoms with Crippen LogP contribution in [0.25, 0.3) is 10.9 Å². The van der Waals surface area contributed by atoms with Crippen molar-refractivity contribution in [2.75, 3.05) is 27.2 Å². The number of benzene rings is 2. The number of aromatic nitrogens is 1. The Morgan fingerprint density at radius 3 is 2.40 bits per heavy atom. The van der Waals surface area contributed by atoms with E-state index in [9.17, 15) is 4.79 Å². The molecule has 188 valence electrons. The fourth-order valence-corrected chi connectivity index (χ4v) is 6.27. The average molecular weight is 516 g/mol. The maximum atomic E-state index is 13.1. The zero-order valence-corrected chi connectivity index (χ0v) is 22.2. The van der Waals surface area contributed by atoms with Crippen LogP contribution in [-0.2, 0) is 5.54 Å². The lowest BCUT2D eigenvalue weighted by Crippen LogP contribution is -2.52. The molecule has 1 aliphatic heterocycles. The molecule has 0 atom stereocenters. The third-order valence-corrected chi connectivity index (χ3v) is 8.44. The average Bonchev–Trinajstić information content (AvgIpc) is 3.28. The first-order valence-electron chi connectivity index (χ1n) is 12.5. The van der Waals surface area contributed by atoms with Crippen molar-refractivity contribution in [1.82, 2.24) is 20.1 Å². The van der Waals surface area contributed by atoms with Crippen molar-refractivity contribution < 1.29 is 4.79 Å². The van der Waals surface area contributed by atoms with Crippen molar-refractivity contribution in [2.45, 2.75) is 56.0 Å². The number of piperidine rings is 1. The minimum absolute atomic E-state index is 0. The topological polar surface area (TPSA) is 51.4 Å². The van der Waals surface area contributed by atoms with Gasteiger partial charge in [0.05, 0.1) is 0 Å². The molecule has 2 aliphatic rings. The summed E-state index contributed by atoms with van der Waals surface area (Å²) < 4.78 is 0. The van der Waals surface area contributed by atoms with Crippen molar-refractivity contribution in [1.29, 1.82) is 0 Å². The first kappa shape index (κ1) is 25.9. The molecule has 7 heteroatoms. The van der Waals surface area contributed by atoms with Gasteiger partial charge in [-0.3, -0.25) is 4.90 Å². The number of H-pyrrole nitrogens is 1. The number of fused-ring (bicyclic) bond motifs is 1. The van der Waals surface area contributed by atoms with Crippen LogP contribution >= 0.6 is 24.0 Å². The molecule has 2 heterocycles. The lowest BCUT2D eigenvalue weighted by atomic mass is 9.74. The molecule has 3 aromatic rings. The molecule has 2 N–H and O–H groups in total. The van der Waals surface area contributed by atoms with E-state index in [4.69, 9.17) is 11.6 Å².